The number of hydrogen-bond donors (Lipinski definition) is 0. The molecule has 126 valence electrons. The van der Waals surface area contributed by atoms with Crippen LogP contribution in [0.2, 0.25) is 0 Å². The second-order valence-corrected chi connectivity index (χ2v) is 6.35. The Bertz CT molecular complexity index is 575. The minimum absolute atomic E-state index is 0.0459. The third-order valence-corrected chi connectivity index (χ3v) is 4.87. The lowest BCUT2D eigenvalue weighted by atomic mass is 10.1. The van der Waals surface area contributed by atoms with E-state index in [9.17, 15) is 9.59 Å². The van der Waals surface area contributed by atoms with Crippen molar-refractivity contribution >= 4 is 11.8 Å². The highest BCUT2D eigenvalue weighted by atomic mass is 16.3. The molecule has 2 fully saturated rings. The van der Waals surface area contributed by atoms with Crippen LogP contribution in [0, 0.1) is 6.92 Å². The van der Waals surface area contributed by atoms with Crippen LogP contribution in [0.5, 0.6) is 0 Å². The lowest BCUT2D eigenvalue weighted by molar-refractivity contribution is -0.143. The zero-order valence-corrected chi connectivity index (χ0v) is 14.0. The van der Waals surface area contributed by atoms with E-state index in [4.69, 9.17) is 4.42 Å². The first kappa shape index (κ1) is 16.1. The van der Waals surface area contributed by atoms with Gasteiger partial charge in [0.1, 0.15) is 17.6 Å². The predicted octanol–water partition coefficient (Wildman–Crippen LogP) is 1.24. The molecule has 23 heavy (non-hydrogen) atoms. The number of carbonyl (C=O) groups is 2. The van der Waals surface area contributed by atoms with Crippen molar-refractivity contribution in [2.24, 2.45) is 0 Å². The first-order chi connectivity index (χ1) is 11.1. The van der Waals surface area contributed by atoms with Gasteiger partial charge in [0.05, 0.1) is 6.54 Å². The third kappa shape index (κ3) is 3.42. The van der Waals surface area contributed by atoms with E-state index in [0.29, 0.717) is 19.4 Å². The normalized spacial score (nSPS) is 22.9. The molecule has 0 aliphatic carbocycles. The fourth-order valence-electron chi connectivity index (χ4n) is 3.42. The number of rotatable bonds is 4. The van der Waals surface area contributed by atoms with Gasteiger partial charge < -0.3 is 19.1 Å². The highest BCUT2D eigenvalue weighted by molar-refractivity contribution is 5.91. The summed E-state index contributed by atoms with van der Waals surface area (Å²) in [7, 11) is 0. The van der Waals surface area contributed by atoms with Gasteiger partial charge in [0.25, 0.3) is 0 Å². The molecule has 0 unspecified atom stereocenters. The summed E-state index contributed by atoms with van der Waals surface area (Å²) >= 11 is 0. The Kier molecular flexibility index (Phi) is 4.71. The number of furan rings is 1. The average Bonchev–Trinajstić information content (AvgIpc) is 3.14. The number of likely N-dealkylation sites (N-methyl/N-ethyl adjacent to an activating group) is 1. The van der Waals surface area contributed by atoms with E-state index in [0.717, 1.165) is 44.2 Å². The number of likely N-dealkylation sites (tertiary alicyclic amines) is 1. The van der Waals surface area contributed by atoms with Gasteiger partial charge in [-0.25, -0.2) is 0 Å². The van der Waals surface area contributed by atoms with E-state index in [1.807, 2.05) is 24.0 Å². The van der Waals surface area contributed by atoms with Gasteiger partial charge in [0.2, 0.25) is 11.8 Å². The quantitative estimate of drug-likeness (QED) is 0.838. The summed E-state index contributed by atoms with van der Waals surface area (Å²) < 4.78 is 5.57. The van der Waals surface area contributed by atoms with Crippen LogP contribution in [0.15, 0.2) is 16.5 Å². The number of nitrogens with zero attached hydrogens (tertiary/aromatic N) is 3. The highest BCUT2D eigenvalue weighted by Crippen LogP contribution is 2.24. The first-order valence-electron chi connectivity index (χ1n) is 8.44. The van der Waals surface area contributed by atoms with Crippen molar-refractivity contribution in [2.45, 2.75) is 39.3 Å². The first-order valence-corrected chi connectivity index (χ1v) is 8.44. The summed E-state index contributed by atoms with van der Waals surface area (Å²) in [5, 5.41) is 0. The molecule has 6 nitrogen and oxygen atoms in total. The summed E-state index contributed by atoms with van der Waals surface area (Å²) in [5.41, 5.74) is 0. The smallest absolute Gasteiger partial charge is 0.245 e. The lowest BCUT2D eigenvalue weighted by Crippen LogP contribution is -2.53. The maximum atomic E-state index is 12.8. The minimum atomic E-state index is -0.332. The molecule has 1 aromatic rings. The molecular weight excluding hydrogens is 294 g/mol. The topological polar surface area (TPSA) is 57.0 Å². The summed E-state index contributed by atoms with van der Waals surface area (Å²) in [4.78, 5) is 31.0. The van der Waals surface area contributed by atoms with Crippen molar-refractivity contribution in [2.75, 3.05) is 32.7 Å². The standard InChI is InChI=1S/C17H25N3O3/c1-3-18-8-10-19(11-9-18)17(22)15-6-7-16(21)20(15)12-14-5-4-13(2)23-14/h4-5,15H,3,6-12H2,1-2H3/t15-/m0/s1. The van der Waals surface area contributed by atoms with Crippen LogP contribution in [0.1, 0.15) is 31.3 Å². The fraction of sp³-hybridized carbons (Fsp3) is 0.647. The monoisotopic (exact) mass is 319 g/mol. The molecule has 0 N–H and O–H groups in total. The van der Waals surface area contributed by atoms with Gasteiger partial charge >= 0.3 is 0 Å². The maximum Gasteiger partial charge on any atom is 0.245 e. The third-order valence-electron chi connectivity index (χ3n) is 4.87. The van der Waals surface area contributed by atoms with Crippen molar-refractivity contribution in [3.8, 4) is 0 Å². The number of hydrogen-bond acceptors (Lipinski definition) is 4. The molecule has 2 amide bonds. The van der Waals surface area contributed by atoms with Gasteiger partial charge in [-0.05, 0) is 32.0 Å². The van der Waals surface area contributed by atoms with E-state index in [-0.39, 0.29) is 17.9 Å². The molecule has 1 atom stereocenters. The Morgan fingerprint density at radius 3 is 2.61 bits per heavy atom. The summed E-state index contributed by atoms with van der Waals surface area (Å²) in [6.45, 7) is 8.77. The van der Waals surface area contributed by atoms with Gasteiger partial charge in [-0.2, -0.15) is 0 Å². The molecule has 0 bridgehead atoms. The van der Waals surface area contributed by atoms with Crippen molar-refractivity contribution in [3.63, 3.8) is 0 Å². The van der Waals surface area contributed by atoms with Crippen molar-refractivity contribution < 1.29 is 14.0 Å². The van der Waals surface area contributed by atoms with Crippen molar-refractivity contribution in [1.29, 1.82) is 0 Å². The number of piperazine rings is 1. The largest absolute Gasteiger partial charge is 0.464 e. The molecule has 6 heteroatoms. The molecule has 2 aliphatic rings. The van der Waals surface area contributed by atoms with Gasteiger partial charge in [0.15, 0.2) is 0 Å². The second kappa shape index (κ2) is 6.74. The Labute approximate surface area is 137 Å². The number of amides is 2. The van der Waals surface area contributed by atoms with Crippen LogP contribution in [0.25, 0.3) is 0 Å². The molecule has 3 rings (SSSR count). The molecule has 2 aliphatic heterocycles. The van der Waals surface area contributed by atoms with Crippen LogP contribution in [-0.2, 0) is 16.1 Å². The summed E-state index contributed by atoms with van der Waals surface area (Å²) in [6, 6.07) is 3.43. The highest BCUT2D eigenvalue weighted by Gasteiger charge is 2.39. The fourth-order valence-corrected chi connectivity index (χ4v) is 3.42. The van der Waals surface area contributed by atoms with E-state index in [1.54, 1.807) is 4.90 Å². The zero-order chi connectivity index (χ0) is 16.4. The van der Waals surface area contributed by atoms with Crippen LogP contribution < -0.4 is 0 Å². The molecule has 0 aromatic carbocycles. The summed E-state index contributed by atoms with van der Waals surface area (Å²) in [5.74, 6) is 1.70. The Balaban J connectivity index is 1.65. The predicted molar refractivity (Wildman–Crippen MR) is 85.7 cm³/mol. The molecule has 0 saturated carbocycles. The number of carbonyl (C=O) groups excluding carboxylic acids is 2. The van der Waals surface area contributed by atoms with Crippen LogP contribution >= 0.6 is 0 Å². The Morgan fingerprint density at radius 2 is 2.00 bits per heavy atom. The van der Waals surface area contributed by atoms with E-state index in [2.05, 4.69) is 11.8 Å². The van der Waals surface area contributed by atoms with E-state index >= 15 is 0 Å². The Hall–Kier alpha value is -1.82. The van der Waals surface area contributed by atoms with Crippen LogP contribution in [-0.4, -0.2) is 65.3 Å². The molecule has 0 radical (unpaired) electrons. The van der Waals surface area contributed by atoms with Gasteiger partial charge in [-0.15, -0.1) is 0 Å². The second-order valence-electron chi connectivity index (χ2n) is 6.35. The number of aryl methyl sites for hydroxylation is 1. The zero-order valence-electron chi connectivity index (χ0n) is 14.0. The average molecular weight is 319 g/mol. The van der Waals surface area contributed by atoms with E-state index in [1.165, 1.54) is 0 Å². The van der Waals surface area contributed by atoms with Crippen LogP contribution in [0.4, 0.5) is 0 Å². The van der Waals surface area contributed by atoms with Crippen LogP contribution in [0.3, 0.4) is 0 Å². The summed E-state index contributed by atoms with van der Waals surface area (Å²) in [6.07, 6.45) is 1.07. The van der Waals surface area contributed by atoms with Crippen molar-refractivity contribution in [1.82, 2.24) is 14.7 Å². The molecular formula is C17H25N3O3. The van der Waals surface area contributed by atoms with Gasteiger partial charge in [-0.3, -0.25) is 9.59 Å². The minimum Gasteiger partial charge on any atom is -0.464 e. The van der Waals surface area contributed by atoms with Gasteiger partial charge in [-0.1, -0.05) is 6.92 Å². The van der Waals surface area contributed by atoms with Gasteiger partial charge in [0, 0.05) is 32.6 Å². The van der Waals surface area contributed by atoms with E-state index < -0.39 is 0 Å². The van der Waals surface area contributed by atoms with Crippen molar-refractivity contribution in [3.05, 3.63) is 23.7 Å². The molecule has 2 saturated heterocycles. The maximum absolute atomic E-state index is 12.8. The molecule has 0 spiro atoms. The SMILES string of the molecule is CCN1CCN(C(=O)[C@@H]2CCC(=O)N2Cc2ccc(C)o2)CC1. The Morgan fingerprint density at radius 1 is 1.26 bits per heavy atom. The molecule has 1 aromatic heterocycles. The lowest BCUT2D eigenvalue weighted by Gasteiger charge is -2.36. The molecule has 3 heterocycles.